The molecule has 1 aliphatic rings. The Labute approximate surface area is 195 Å². The molecule has 1 heterocycles. The number of nitrogens with zero attached hydrogens (tertiary/aromatic N) is 2. The van der Waals surface area contributed by atoms with E-state index in [2.05, 4.69) is 35.6 Å². The molecule has 0 radical (unpaired) electrons. The molecule has 1 fully saturated rings. The molecule has 33 heavy (non-hydrogen) atoms. The fourth-order valence-corrected chi connectivity index (χ4v) is 5.33. The minimum absolute atomic E-state index is 0.0803. The summed E-state index contributed by atoms with van der Waals surface area (Å²) < 4.78 is 32.1. The number of hydrogen-bond donors (Lipinski definition) is 1. The van der Waals surface area contributed by atoms with Gasteiger partial charge in [-0.3, -0.25) is 9.69 Å². The van der Waals surface area contributed by atoms with Crippen molar-refractivity contribution < 1.29 is 17.9 Å². The lowest BCUT2D eigenvalue weighted by atomic mass is 10.1. The molecule has 0 bridgehead atoms. The molecule has 3 aromatic rings. The van der Waals surface area contributed by atoms with Crippen LogP contribution in [0.5, 0.6) is 0 Å². The summed E-state index contributed by atoms with van der Waals surface area (Å²) in [5.74, 6) is -0.0803. The third kappa shape index (κ3) is 5.97. The first-order chi connectivity index (χ1) is 15.9. The van der Waals surface area contributed by atoms with E-state index in [1.807, 2.05) is 24.1 Å². The van der Waals surface area contributed by atoms with Crippen LogP contribution in [0.15, 0.2) is 71.6 Å². The Morgan fingerprint density at radius 1 is 0.970 bits per heavy atom. The molecular formula is C25H29N3O4S. The van der Waals surface area contributed by atoms with E-state index in [4.69, 9.17) is 4.74 Å². The zero-order valence-electron chi connectivity index (χ0n) is 18.7. The normalized spacial score (nSPS) is 15.1. The first kappa shape index (κ1) is 23.4. The summed E-state index contributed by atoms with van der Waals surface area (Å²) >= 11 is 0. The molecule has 174 valence electrons. The van der Waals surface area contributed by atoms with Crippen LogP contribution in [-0.2, 0) is 32.6 Å². The molecule has 7 nitrogen and oxygen atoms in total. The van der Waals surface area contributed by atoms with E-state index in [1.54, 1.807) is 24.3 Å². The molecular weight excluding hydrogens is 438 g/mol. The Bertz CT molecular complexity index is 1210. The Kier molecular flexibility index (Phi) is 7.39. The number of hydrogen-bond acceptors (Lipinski definition) is 5. The number of sulfonamides is 1. The van der Waals surface area contributed by atoms with Gasteiger partial charge in [0.2, 0.25) is 15.9 Å². The number of likely N-dealkylation sites (N-methyl/N-ethyl adjacent to an activating group) is 1. The summed E-state index contributed by atoms with van der Waals surface area (Å²) in [5, 5.41) is 5.30. The van der Waals surface area contributed by atoms with E-state index in [9.17, 15) is 13.2 Å². The second kappa shape index (κ2) is 10.4. The topological polar surface area (TPSA) is 79.0 Å². The molecule has 4 rings (SSSR count). The van der Waals surface area contributed by atoms with Crippen LogP contribution in [0.4, 0.5) is 0 Å². The van der Waals surface area contributed by atoms with Crippen LogP contribution in [-0.4, -0.2) is 63.4 Å². The average molecular weight is 468 g/mol. The Morgan fingerprint density at radius 2 is 1.64 bits per heavy atom. The minimum Gasteiger partial charge on any atom is -0.379 e. The molecule has 0 unspecified atom stereocenters. The van der Waals surface area contributed by atoms with Gasteiger partial charge < -0.3 is 10.1 Å². The van der Waals surface area contributed by atoms with Crippen LogP contribution < -0.4 is 5.32 Å². The second-order valence-electron chi connectivity index (χ2n) is 8.29. The van der Waals surface area contributed by atoms with Gasteiger partial charge in [0.1, 0.15) is 0 Å². The van der Waals surface area contributed by atoms with Crippen molar-refractivity contribution >= 4 is 26.7 Å². The van der Waals surface area contributed by atoms with E-state index in [0.717, 1.165) is 11.1 Å². The summed E-state index contributed by atoms with van der Waals surface area (Å²) in [7, 11) is -1.59. The Hall–Kier alpha value is -2.78. The van der Waals surface area contributed by atoms with E-state index >= 15 is 0 Å². The molecule has 0 spiro atoms. The fourth-order valence-electron chi connectivity index (χ4n) is 3.92. The largest absolute Gasteiger partial charge is 0.379 e. The quantitative estimate of drug-likeness (QED) is 0.551. The highest BCUT2D eigenvalue weighted by molar-refractivity contribution is 7.89. The lowest BCUT2D eigenvalue weighted by Gasteiger charge is -2.26. The Balaban J connectivity index is 1.27. The number of benzene rings is 3. The number of carbonyl (C=O) groups excluding carboxylic acids is 1. The predicted octanol–water partition coefficient (Wildman–Crippen LogP) is 2.61. The molecule has 3 aromatic carbocycles. The Morgan fingerprint density at radius 3 is 2.36 bits per heavy atom. The van der Waals surface area contributed by atoms with E-state index < -0.39 is 10.0 Å². The predicted molar refractivity (Wildman–Crippen MR) is 128 cm³/mol. The zero-order chi connectivity index (χ0) is 23.3. The van der Waals surface area contributed by atoms with Crippen LogP contribution in [0.25, 0.3) is 10.8 Å². The second-order valence-corrected chi connectivity index (χ2v) is 10.2. The molecule has 0 aliphatic carbocycles. The molecule has 1 N–H and O–H groups in total. The molecule has 0 atom stereocenters. The molecule has 0 saturated carbocycles. The van der Waals surface area contributed by atoms with Gasteiger partial charge in [-0.05, 0) is 47.1 Å². The van der Waals surface area contributed by atoms with Gasteiger partial charge >= 0.3 is 0 Å². The summed E-state index contributed by atoms with van der Waals surface area (Å²) in [6.45, 7) is 2.86. The van der Waals surface area contributed by atoms with Crippen molar-refractivity contribution in [2.75, 3.05) is 39.9 Å². The highest BCUT2D eigenvalue weighted by Gasteiger charge is 2.26. The molecule has 1 aliphatic heterocycles. The highest BCUT2D eigenvalue weighted by atomic mass is 32.2. The van der Waals surface area contributed by atoms with Crippen molar-refractivity contribution in [3.8, 4) is 0 Å². The SMILES string of the molecule is CN(CC(=O)NCc1ccc(S(=O)(=O)N2CCOCC2)cc1)Cc1ccc2ccccc2c1. The number of fused-ring (bicyclic) bond motifs is 1. The van der Waals surface area contributed by atoms with Crippen LogP contribution >= 0.6 is 0 Å². The van der Waals surface area contributed by atoms with Crippen molar-refractivity contribution in [2.24, 2.45) is 0 Å². The first-order valence-corrected chi connectivity index (χ1v) is 12.5. The van der Waals surface area contributed by atoms with Gasteiger partial charge in [-0.25, -0.2) is 8.42 Å². The third-order valence-electron chi connectivity index (χ3n) is 5.70. The van der Waals surface area contributed by atoms with Gasteiger partial charge in [0.15, 0.2) is 0 Å². The maximum atomic E-state index is 12.7. The smallest absolute Gasteiger partial charge is 0.243 e. The third-order valence-corrected chi connectivity index (χ3v) is 7.61. The monoisotopic (exact) mass is 467 g/mol. The number of carbonyl (C=O) groups is 1. The summed E-state index contributed by atoms with van der Waals surface area (Å²) in [6, 6.07) is 21.2. The first-order valence-electron chi connectivity index (χ1n) is 11.0. The van der Waals surface area contributed by atoms with Crippen LogP contribution in [0.2, 0.25) is 0 Å². The lowest BCUT2D eigenvalue weighted by Crippen LogP contribution is -2.40. The average Bonchev–Trinajstić information content (AvgIpc) is 2.83. The van der Waals surface area contributed by atoms with Crippen LogP contribution in [0.1, 0.15) is 11.1 Å². The number of ether oxygens (including phenoxy) is 1. The number of rotatable bonds is 8. The van der Waals surface area contributed by atoms with Gasteiger partial charge in [0.25, 0.3) is 0 Å². The van der Waals surface area contributed by atoms with Gasteiger partial charge in [-0.15, -0.1) is 0 Å². The minimum atomic E-state index is -3.51. The fraction of sp³-hybridized carbons (Fsp3) is 0.320. The molecule has 8 heteroatoms. The molecule has 1 amide bonds. The van der Waals surface area contributed by atoms with Crippen molar-refractivity contribution in [1.82, 2.24) is 14.5 Å². The summed E-state index contributed by atoms with van der Waals surface area (Å²) in [4.78, 5) is 14.6. The summed E-state index contributed by atoms with van der Waals surface area (Å²) in [6.07, 6.45) is 0. The van der Waals surface area contributed by atoms with Crippen molar-refractivity contribution in [3.63, 3.8) is 0 Å². The van der Waals surface area contributed by atoms with Crippen LogP contribution in [0.3, 0.4) is 0 Å². The van der Waals surface area contributed by atoms with Crippen LogP contribution in [0, 0.1) is 0 Å². The van der Waals surface area contributed by atoms with Gasteiger partial charge in [0.05, 0.1) is 24.7 Å². The lowest BCUT2D eigenvalue weighted by molar-refractivity contribution is -0.122. The van der Waals surface area contributed by atoms with Gasteiger partial charge in [0, 0.05) is 26.2 Å². The molecule has 1 saturated heterocycles. The van der Waals surface area contributed by atoms with Crippen molar-refractivity contribution in [2.45, 2.75) is 18.0 Å². The van der Waals surface area contributed by atoms with E-state index in [1.165, 1.54) is 15.1 Å². The standard InChI is InChI=1S/C25H29N3O4S/c1-27(18-21-6-9-22-4-2-3-5-23(22)16-21)19-25(29)26-17-20-7-10-24(11-8-20)33(30,31)28-12-14-32-15-13-28/h2-11,16H,12-15,17-19H2,1H3,(H,26,29). The molecule has 0 aromatic heterocycles. The maximum Gasteiger partial charge on any atom is 0.243 e. The highest BCUT2D eigenvalue weighted by Crippen LogP contribution is 2.18. The zero-order valence-corrected chi connectivity index (χ0v) is 19.6. The number of nitrogens with one attached hydrogen (secondary N) is 1. The van der Waals surface area contributed by atoms with Crippen molar-refractivity contribution in [1.29, 1.82) is 0 Å². The van der Waals surface area contributed by atoms with Crippen molar-refractivity contribution in [3.05, 3.63) is 77.9 Å². The van der Waals surface area contributed by atoms with Gasteiger partial charge in [-0.2, -0.15) is 4.31 Å². The number of morpholine rings is 1. The van der Waals surface area contributed by atoms with E-state index in [-0.39, 0.29) is 17.3 Å². The van der Waals surface area contributed by atoms with Gasteiger partial charge in [-0.1, -0.05) is 48.5 Å². The number of amides is 1. The maximum absolute atomic E-state index is 12.7. The van der Waals surface area contributed by atoms with E-state index in [0.29, 0.717) is 39.4 Å². The summed E-state index contributed by atoms with van der Waals surface area (Å²) in [5.41, 5.74) is 2.00.